The predicted octanol–water partition coefficient (Wildman–Crippen LogP) is 0.983. The molecule has 0 aromatic carbocycles. The molecule has 2 aliphatic heterocycles. The Bertz CT molecular complexity index is 378. The van der Waals surface area contributed by atoms with Crippen LogP contribution in [0.4, 0.5) is 0 Å². The molecule has 2 fully saturated rings. The van der Waals surface area contributed by atoms with Crippen molar-refractivity contribution < 1.29 is 0 Å². The summed E-state index contributed by atoms with van der Waals surface area (Å²) in [6, 6.07) is 4.95. The number of aromatic amines is 1. The highest BCUT2D eigenvalue weighted by Crippen LogP contribution is 2.39. The maximum Gasteiger partial charge on any atom is 0.247 e. The quantitative estimate of drug-likeness (QED) is 0.693. The van der Waals surface area contributed by atoms with E-state index in [1.165, 1.54) is 24.8 Å². The van der Waals surface area contributed by atoms with Crippen molar-refractivity contribution in [2.45, 2.75) is 37.3 Å². The molecule has 0 saturated carbocycles. The lowest BCUT2D eigenvalue weighted by molar-refractivity contribution is 0.505. The lowest BCUT2D eigenvalue weighted by atomic mass is 9.85. The Hall–Kier alpha value is -1.09. The Morgan fingerprint density at radius 2 is 2.21 bits per heavy atom. The summed E-state index contributed by atoms with van der Waals surface area (Å²) in [7, 11) is 0. The molecule has 3 nitrogen and oxygen atoms in total. The molecule has 3 rings (SSSR count). The molecule has 3 heterocycles. The Kier molecular flexibility index (Phi) is 1.74. The Morgan fingerprint density at radius 1 is 1.29 bits per heavy atom. The summed E-state index contributed by atoms with van der Waals surface area (Å²) in [5.74, 6) is 0.616. The maximum atomic E-state index is 10.9. The summed E-state index contributed by atoms with van der Waals surface area (Å²) >= 11 is 0. The van der Waals surface area contributed by atoms with Gasteiger partial charge in [0.15, 0.2) is 0 Å². The fourth-order valence-electron chi connectivity index (χ4n) is 2.85. The van der Waals surface area contributed by atoms with E-state index in [0.29, 0.717) is 12.0 Å². The molecule has 74 valence electrons. The summed E-state index contributed by atoms with van der Waals surface area (Å²) in [5.41, 5.74) is 1.27. The van der Waals surface area contributed by atoms with Crippen LogP contribution in [0.1, 0.15) is 30.7 Å². The molecule has 2 saturated heterocycles. The van der Waals surface area contributed by atoms with Crippen LogP contribution in [0.3, 0.4) is 0 Å². The highest BCUT2D eigenvalue weighted by molar-refractivity contribution is 5.21. The highest BCUT2D eigenvalue weighted by Gasteiger charge is 2.39. The van der Waals surface area contributed by atoms with Crippen LogP contribution >= 0.6 is 0 Å². The van der Waals surface area contributed by atoms with Crippen molar-refractivity contribution in [3.05, 3.63) is 34.2 Å². The van der Waals surface area contributed by atoms with Gasteiger partial charge in [-0.2, -0.15) is 0 Å². The Morgan fingerprint density at radius 3 is 2.79 bits per heavy atom. The van der Waals surface area contributed by atoms with Crippen molar-refractivity contribution in [3.8, 4) is 0 Å². The molecule has 0 spiro atoms. The first-order chi connectivity index (χ1) is 6.83. The molecule has 2 N–H and O–H groups in total. The van der Waals surface area contributed by atoms with Gasteiger partial charge in [0.2, 0.25) is 5.56 Å². The van der Waals surface area contributed by atoms with Crippen LogP contribution in [0.5, 0.6) is 0 Å². The van der Waals surface area contributed by atoms with Crippen molar-refractivity contribution in [1.29, 1.82) is 0 Å². The second kappa shape index (κ2) is 2.95. The monoisotopic (exact) mass is 190 g/mol. The van der Waals surface area contributed by atoms with Gasteiger partial charge in [-0.15, -0.1) is 0 Å². The molecule has 3 heteroatoms. The van der Waals surface area contributed by atoms with Gasteiger partial charge in [0, 0.05) is 30.3 Å². The van der Waals surface area contributed by atoms with Crippen LogP contribution in [0.15, 0.2) is 23.1 Å². The van der Waals surface area contributed by atoms with Crippen LogP contribution in [-0.2, 0) is 0 Å². The van der Waals surface area contributed by atoms with Crippen LogP contribution in [-0.4, -0.2) is 17.1 Å². The van der Waals surface area contributed by atoms with Crippen LogP contribution in [0.25, 0.3) is 0 Å². The fraction of sp³-hybridized carbons (Fsp3) is 0.545. The molecular weight excluding hydrogens is 176 g/mol. The van der Waals surface area contributed by atoms with E-state index in [-0.39, 0.29) is 5.56 Å². The van der Waals surface area contributed by atoms with Crippen LogP contribution < -0.4 is 10.9 Å². The van der Waals surface area contributed by atoms with Gasteiger partial charge < -0.3 is 10.3 Å². The smallest absolute Gasteiger partial charge is 0.247 e. The van der Waals surface area contributed by atoms with Gasteiger partial charge in [-0.1, -0.05) is 6.07 Å². The number of hydrogen-bond acceptors (Lipinski definition) is 2. The lowest BCUT2D eigenvalue weighted by Gasteiger charge is -2.19. The molecule has 2 bridgehead atoms. The van der Waals surface area contributed by atoms with Gasteiger partial charge in [0.25, 0.3) is 0 Å². The minimum atomic E-state index is -0.00938. The normalized spacial score (nSPS) is 35.0. The summed E-state index contributed by atoms with van der Waals surface area (Å²) in [5, 5.41) is 3.60. The molecule has 2 unspecified atom stereocenters. The van der Waals surface area contributed by atoms with Gasteiger partial charge >= 0.3 is 0 Å². The van der Waals surface area contributed by atoms with E-state index in [9.17, 15) is 4.79 Å². The van der Waals surface area contributed by atoms with E-state index in [0.717, 1.165) is 6.04 Å². The third kappa shape index (κ3) is 1.20. The summed E-state index contributed by atoms with van der Waals surface area (Å²) in [4.78, 5) is 13.7. The number of H-pyrrole nitrogens is 1. The van der Waals surface area contributed by atoms with Crippen molar-refractivity contribution in [1.82, 2.24) is 10.3 Å². The number of rotatable bonds is 1. The second-order valence-electron chi connectivity index (χ2n) is 4.38. The highest BCUT2D eigenvalue weighted by atomic mass is 16.1. The molecule has 1 aromatic rings. The largest absolute Gasteiger partial charge is 0.329 e. The first-order valence-electron chi connectivity index (χ1n) is 5.27. The zero-order valence-electron chi connectivity index (χ0n) is 7.99. The first-order valence-corrected chi connectivity index (χ1v) is 5.27. The van der Waals surface area contributed by atoms with E-state index < -0.39 is 0 Å². The molecule has 2 aliphatic rings. The molecule has 0 radical (unpaired) electrons. The molecule has 0 aliphatic carbocycles. The number of aromatic nitrogens is 1. The zero-order valence-corrected chi connectivity index (χ0v) is 7.99. The topological polar surface area (TPSA) is 44.9 Å². The van der Waals surface area contributed by atoms with E-state index in [4.69, 9.17) is 0 Å². The number of hydrogen-bond donors (Lipinski definition) is 2. The van der Waals surface area contributed by atoms with Gasteiger partial charge in [0.1, 0.15) is 0 Å². The van der Waals surface area contributed by atoms with E-state index in [1.807, 2.05) is 12.3 Å². The average Bonchev–Trinajstić information content (AvgIpc) is 2.80. The van der Waals surface area contributed by atoms with Crippen LogP contribution in [0, 0.1) is 0 Å². The van der Waals surface area contributed by atoms with E-state index in [2.05, 4.69) is 10.3 Å². The van der Waals surface area contributed by atoms with Gasteiger partial charge in [-0.3, -0.25) is 4.79 Å². The molecular formula is C11H14N2O. The SMILES string of the molecule is O=c1ccc([C@H]2CC3CCC2N3)c[nH]1. The molecule has 3 atom stereocenters. The average molecular weight is 190 g/mol. The summed E-state index contributed by atoms with van der Waals surface area (Å²) in [6.45, 7) is 0. The summed E-state index contributed by atoms with van der Waals surface area (Å²) < 4.78 is 0. The Labute approximate surface area is 82.5 Å². The van der Waals surface area contributed by atoms with Crippen molar-refractivity contribution in [2.75, 3.05) is 0 Å². The minimum absolute atomic E-state index is 0.00938. The third-order valence-electron chi connectivity index (χ3n) is 3.54. The van der Waals surface area contributed by atoms with Crippen molar-refractivity contribution in [2.24, 2.45) is 0 Å². The van der Waals surface area contributed by atoms with E-state index in [1.54, 1.807) is 6.07 Å². The van der Waals surface area contributed by atoms with Crippen molar-refractivity contribution in [3.63, 3.8) is 0 Å². The van der Waals surface area contributed by atoms with Gasteiger partial charge in [-0.05, 0) is 24.8 Å². The van der Waals surface area contributed by atoms with Crippen molar-refractivity contribution >= 4 is 0 Å². The molecule has 14 heavy (non-hydrogen) atoms. The molecule has 1 aromatic heterocycles. The van der Waals surface area contributed by atoms with Crippen LogP contribution in [0.2, 0.25) is 0 Å². The second-order valence-corrected chi connectivity index (χ2v) is 4.38. The molecule has 0 amide bonds. The Balaban J connectivity index is 1.89. The summed E-state index contributed by atoms with van der Waals surface area (Å²) in [6.07, 6.45) is 5.71. The lowest BCUT2D eigenvalue weighted by Crippen LogP contribution is -2.22. The predicted molar refractivity (Wildman–Crippen MR) is 54.4 cm³/mol. The number of pyridine rings is 1. The van der Waals surface area contributed by atoms with Gasteiger partial charge in [-0.25, -0.2) is 0 Å². The van der Waals surface area contributed by atoms with E-state index >= 15 is 0 Å². The third-order valence-corrected chi connectivity index (χ3v) is 3.54. The minimum Gasteiger partial charge on any atom is -0.329 e. The standard InChI is InChI=1S/C11H14N2O/c14-11-4-1-7(6-12-11)9-5-8-2-3-10(9)13-8/h1,4,6,8-10,13H,2-3,5H2,(H,12,14)/t8?,9-,10?/m1/s1. The van der Waals surface area contributed by atoms with Gasteiger partial charge in [0.05, 0.1) is 0 Å². The fourth-order valence-corrected chi connectivity index (χ4v) is 2.85. The number of fused-ring (bicyclic) bond motifs is 2. The maximum absolute atomic E-state index is 10.9. The first kappa shape index (κ1) is 8.24. The number of nitrogens with one attached hydrogen (secondary N) is 2. The zero-order chi connectivity index (χ0) is 9.54.